The van der Waals surface area contributed by atoms with Crippen LogP contribution in [0.5, 0.6) is 0 Å². The van der Waals surface area contributed by atoms with Crippen molar-refractivity contribution in [2.45, 2.75) is 59.2 Å². The van der Waals surface area contributed by atoms with Gasteiger partial charge in [0.15, 0.2) is 0 Å². The van der Waals surface area contributed by atoms with Crippen LogP contribution in [0.1, 0.15) is 44.7 Å². The normalized spacial score (nSPS) is 12.4. The highest BCUT2D eigenvalue weighted by Gasteiger charge is 2.28. The van der Waals surface area contributed by atoms with Gasteiger partial charge in [-0.05, 0) is 63.9 Å². The Bertz CT molecular complexity index is 1180. The van der Waals surface area contributed by atoms with Gasteiger partial charge in [0.05, 0.1) is 11.9 Å². The summed E-state index contributed by atoms with van der Waals surface area (Å²) in [6.07, 6.45) is 1.34. The van der Waals surface area contributed by atoms with Crippen LogP contribution in [-0.4, -0.2) is 50.0 Å². The largest absolute Gasteiger partial charge is 0.352 e. The van der Waals surface area contributed by atoms with Gasteiger partial charge < -0.3 is 10.2 Å². The molecule has 1 unspecified atom stereocenters. The van der Waals surface area contributed by atoms with Crippen LogP contribution in [-0.2, 0) is 26.2 Å². The number of halogens is 3. The quantitative estimate of drug-likeness (QED) is 0.386. The summed E-state index contributed by atoms with van der Waals surface area (Å²) < 4.78 is 26.3. The summed E-state index contributed by atoms with van der Waals surface area (Å²) in [5.74, 6) is -0.637. The van der Waals surface area contributed by atoms with E-state index in [0.717, 1.165) is 11.8 Å². The zero-order chi connectivity index (χ0) is 27.2. The molecule has 0 aliphatic heterocycles. The summed E-state index contributed by atoms with van der Waals surface area (Å²) in [4.78, 5) is 27.5. The number of nitrogens with zero attached hydrogens (tertiary/aromatic N) is 2. The van der Waals surface area contributed by atoms with E-state index in [1.165, 1.54) is 9.21 Å². The number of carbonyl (C=O) groups is 2. The molecule has 0 saturated heterocycles. The average molecular weight is 577 g/mol. The number of sulfonamides is 1. The Morgan fingerprint density at radius 3 is 2.19 bits per heavy atom. The number of aryl methyl sites for hydroxylation is 1. The maximum Gasteiger partial charge on any atom is 0.242 e. The molecule has 7 nitrogen and oxygen atoms in total. The predicted molar refractivity (Wildman–Crippen MR) is 147 cm³/mol. The minimum Gasteiger partial charge on any atom is -0.352 e. The van der Waals surface area contributed by atoms with Gasteiger partial charge in [0.1, 0.15) is 6.04 Å². The molecule has 0 radical (unpaired) electrons. The van der Waals surface area contributed by atoms with Crippen LogP contribution in [0.2, 0.25) is 15.1 Å². The molecule has 0 fully saturated rings. The van der Waals surface area contributed by atoms with Gasteiger partial charge in [0.2, 0.25) is 21.8 Å². The Morgan fingerprint density at radius 1 is 1.03 bits per heavy atom. The molecule has 0 aliphatic rings. The molecular formula is C25H32Cl3N3O4S. The minimum absolute atomic E-state index is 0.00695. The third kappa shape index (κ3) is 8.26. The lowest BCUT2D eigenvalue weighted by Gasteiger charge is -2.30. The second kappa shape index (κ2) is 13.0. The smallest absolute Gasteiger partial charge is 0.242 e. The van der Waals surface area contributed by atoms with E-state index in [9.17, 15) is 18.0 Å². The molecule has 0 bridgehead atoms. The second-order valence-electron chi connectivity index (χ2n) is 8.93. The maximum absolute atomic E-state index is 13.4. The topological polar surface area (TPSA) is 86.8 Å². The summed E-state index contributed by atoms with van der Waals surface area (Å²) in [5.41, 5.74) is 1.73. The standard InChI is InChI=1S/C25H32Cl3N3O4S/c1-16(2)29-25(33)18(4)30(15-20-21(27)8-6-9-22(20)28)24(32)10-7-13-31(36(5,34)35)23-14-19(26)12-11-17(23)3/h6,8-9,11-12,14,16,18H,7,10,13,15H2,1-5H3,(H,29,33). The average Bonchev–Trinajstić information content (AvgIpc) is 2.76. The van der Waals surface area contributed by atoms with Crippen molar-refractivity contribution < 1.29 is 18.0 Å². The molecule has 0 aromatic heterocycles. The number of nitrogens with one attached hydrogen (secondary N) is 1. The maximum atomic E-state index is 13.4. The zero-order valence-electron chi connectivity index (χ0n) is 21.0. The summed E-state index contributed by atoms with van der Waals surface area (Å²) >= 11 is 18.8. The van der Waals surface area contributed by atoms with Crippen molar-refractivity contribution in [3.8, 4) is 0 Å². The van der Waals surface area contributed by atoms with Crippen molar-refractivity contribution in [2.75, 3.05) is 17.1 Å². The van der Waals surface area contributed by atoms with Gasteiger partial charge in [-0.3, -0.25) is 13.9 Å². The van der Waals surface area contributed by atoms with Crippen molar-refractivity contribution in [2.24, 2.45) is 0 Å². The molecule has 2 aromatic rings. The van der Waals surface area contributed by atoms with Crippen molar-refractivity contribution in [3.63, 3.8) is 0 Å². The molecule has 0 aliphatic carbocycles. The van der Waals surface area contributed by atoms with Gasteiger partial charge in [-0.1, -0.05) is 46.9 Å². The minimum atomic E-state index is -3.63. The van der Waals surface area contributed by atoms with Gasteiger partial charge in [0, 0.05) is 46.2 Å². The molecule has 36 heavy (non-hydrogen) atoms. The van der Waals surface area contributed by atoms with Crippen LogP contribution in [0.4, 0.5) is 5.69 Å². The van der Waals surface area contributed by atoms with E-state index >= 15 is 0 Å². The van der Waals surface area contributed by atoms with Crippen LogP contribution < -0.4 is 9.62 Å². The van der Waals surface area contributed by atoms with Gasteiger partial charge >= 0.3 is 0 Å². The molecule has 11 heteroatoms. The third-order valence-corrected chi connectivity index (χ3v) is 7.70. The fourth-order valence-electron chi connectivity index (χ4n) is 3.68. The number of rotatable bonds is 11. The number of anilines is 1. The van der Waals surface area contributed by atoms with E-state index < -0.39 is 16.1 Å². The van der Waals surface area contributed by atoms with E-state index in [0.29, 0.717) is 26.3 Å². The molecule has 1 atom stereocenters. The van der Waals surface area contributed by atoms with E-state index in [-0.39, 0.29) is 43.8 Å². The first kappa shape index (κ1) is 30.2. The second-order valence-corrected chi connectivity index (χ2v) is 12.1. The predicted octanol–water partition coefficient (Wildman–Crippen LogP) is 5.44. The number of benzene rings is 2. The Kier molecular flexibility index (Phi) is 10.9. The lowest BCUT2D eigenvalue weighted by atomic mass is 10.1. The highest BCUT2D eigenvalue weighted by molar-refractivity contribution is 7.92. The van der Waals surface area contributed by atoms with Gasteiger partial charge in [-0.2, -0.15) is 0 Å². The number of carbonyl (C=O) groups excluding carboxylic acids is 2. The van der Waals surface area contributed by atoms with Gasteiger partial charge in [0.25, 0.3) is 0 Å². The fourth-order valence-corrected chi connectivity index (χ4v) is 5.37. The summed E-state index contributed by atoms with van der Waals surface area (Å²) in [6.45, 7) is 7.20. The van der Waals surface area contributed by atoms with Crippen LogP contribution >= 0.6 is 34.8 Å². The fraction of sp³-hybridized carbons (Fsp3) is 0.440. The molecule has 2 rings (SSSR count). The van der Waals surface area contributed by atoms with Crippen LogP contribution in [0.15, 0.2) is 36.4 Å². The Balaban J connectivity index is 2.26. The van der Waals surface area contributed by atoms with E-state index in [2.05, 4.69) is 5.32 Å². The number of hydrogen-bond donors (Lipinski definition) is 1. The highest BCUT2D eigenvalue weighted by atomic mass is 35.5. The number of amides is 2. The summed E-state index contributed by atoms with van der Waals surface area (Å²) in [7, 11) is -3.63. The van der Waals surface area contributed by atoms with Crippen LogP contribution in [0, 0.1) is 6.92 Å². The van der Waals surface area contributed by atoms with Gasteiger partial charge in [-0.25, -0.2) is 8.42 Å². The highest BCUT2D eigenvalue weighted by Crippen LogP contribution is 2.28. The molecule has 0 heterocycles. The molecular weight excluding hydrogens is 545 g/mol. The Labute approximate surface area is 228 Å². The Morgan fingerprint density at radius 2 is 1.64 bits per heavy atom. The van der Waals surface area contributed by atoms with E-state index in [4.69, 9.17) is 34.8 Å². The molecule has 0 spiro atoms. The lowest BCUT2D eigenvalue weighted by molar-refractivity contribution is -0.140. The van der Waals surface area contributed by atoms with Crippen LogP contribution in [0.25, 0.3) is 0 Å². The van der Waals surface area contributed by atoms with Crippen molar-refractivity contribution in [1.82, 2.24) is 10.2 Å². The third-order valence-electron chi connectivity index (χ3n) is 5.58. The molecule has 2 aromatic carbocycles. The van der Waals surface area contributed by atoms with Gasteiger partial charge in [-0.15, -0.1) is 0 Å². The summed E-state index contributed by atoms with van der Waals surface area (Å²) in [5, 5.41) is 4.00. The Hall–Kier alpha value is -2.00. The monoisotopic (exact) mass is 575 g/mol. The first-order valence-electron chi connectivity index (χ1n) is 11.5. The molecule has 1 N–H and O–H groups in total. The number of hydrogen-bond acceptors (Lipinski definition) is 4. The first-order valence-corrected chi connectivity index (χ1v) is 14.5. The first-order chi connectivity index (χ1) is 16.7. The molecule has 2 amide bonds. The SMILES string of the molecule is Cc1ccc(Cl)cc1N(CCCC(=O)N(Cc1c(Cl)cccc1Cl)C(C)C(=O)NC(C)C)S(C)(=O)=O. The molecule has 0 saturated carbocycles. The summed E-state index contributed by atoms with van der Waals surface area (Å²) in [6, 6.07) is 9.15. The lowest BCUT2D eigenvalue weighted by Crippen LogP contribution is -2.49. The molecule has 198 valence electrons. The van der Waals surface area contributed by atoms with Crippen molar-refractivity contribution in [3.05, 3.63) is 62.6 Å². The van der Waals surface area contributed by atoms with E-state index in [1.807, 2.05) is 13.8 Å². The zero-order valence-corrected chi connectivity index (χ0v) is 24.1. The van der Waals surface area contributed by atoms with Crippen LogP contribution in [0.3, 0.4) is 0 Å². The van der Waals surface area contributed by atoms with E-state index in [1.54, 1.807) is 50.2 Å². The van der Waals surface area contributed by atoms with Crippen molar-refractivity contribution >= 4 is 62.3 Å². The van der Waals surface area contributed by atoms with Crippen molar-refractivity contribution in [1.29, 1.82) is 0 Å².